The number of hydrogen-bond donors (Lipinski definition) is 3. The molecule has 3 heterocycles. The summed E-state index contributed by atoms with van der Waals surface area (Å²) in [6.07, 6.45) is 2.37. The fourth-order valence-corrected chi connectivity index (χ4v) is 4.08. The van der Waals surface area contributed by atoms with Crippen LogP contribution < -0.4 is 11.2 Å². The standard InChI is InChI=1S/C20H22N4O3/c1-3-10-24-19(26)15(18(25)22-20(24)27)17-16-13(9-11-23(17)4-2)12-7-5-6-8-14(12)21-16/h3,5-8,17,21,26H,1,4,9-11H2,2H3,(H,22,25,27)/t17-/m1/s1. The third kappa shape index (κ3) is 2.62. The van der Waals surface area contributed by atoms with Crippen LogP contribution in [-0.4, -0.2) is 37.6 Å². The Kier molecular flexibility index (Phi) is 4.24. The number of allylic oxidation sites excluding steroid dienone is 1. The fraction of sp³-hybridized carbons (Fsp3) is 0.300. The summed E-state index contributed by atoms with van der Waals surface area (Å²) in [4.78, 5) is 32.7. The van der Waals surface area contributed by atoms with Crippen molar-refractivity contribution in [3.63, 3.8) is 0 Å². The second kappa shape index (κ2) is 6.59. The van der Waals surface area contributed by atoms with Crippen LogP contribution in [0.1, 0.15) is 29.8 Å². The summed E-state index contributed by atoms with van der Waals surface area (Å²) < 4.78 is 1.13. The molecule has 3 N–H and O–H groups in total. The first kappa shape index (κ1) is 17.4. The van der Waals surface area contributed by atoms with Crippen LogP contribution in [0.2, 0.25) is 0 Å². The third-order valence-corrected chi connectivity index (χ3v) is 5.33. The monoisotopic (exact) mass is 366 g/mol. The van der Waals surface area contributed by atoms with E-state index in [4.69, 9.17) is 0 Å². The van der Waals surface area contributed by atoms with Crippen LogP contribution in [0.15, 0.2) is 46.5 Å². The predicted octanol–water partition coefficient (Wildman–Crippen LogP) is 1.88. The van der Waals surface area contributed by atoms with Crippen molar-refractivity contribution in [2.24, 2.45) is 0 Å². The molecular weight excluding hydrogens is 344 g/mol. The van der Waals surface area contributed by atoms with Crippen molar-refractivity contribution in [1.29, 1.82) is 0 Å². The van der Waals surface area contributed by atoms with Crippen LogP contribution in [0.3, 0.4) is 0 Å². The minimum absolute atomic E-state index is 0.118. The molecule has 7 heteroatoms. The normalized spacial score (nSPS) is 17.1. The number of fused-ring (bicyclic) bond motifs is 3. The van der Waals surface area contributed by atoms with Gasteiger partial charge in [-0.15, -0.1) is 6.58 Å². The quantitative estimate of drug-likeness (QED) is 0.615. The summed E-state index contributed by atoms with van der Waals surface area (Å²) in [6.45, 7) is 7.22. The number of nitrogens with one attached hydrogen (secondary N) is 2. The average Bonchev–Trinajstić information content (AvgIpc) is 3.04. The molecule has 0 saturated carbocycles. The SMILES string of the molecule is C=CCn1c(O)c([C@@H]2c3[nH]c4ccccc4c3CCN2CC)c(=O)[nH]c1=O. The van der Waals surface area contributed by atoms with Crippen LogP contribution in [0, 0.1) is 0 Å². The molecule has 0 bridgehead atoms. The molecule has 0 radical (unpaired) electrons. The van der Waals surface area contributed by atoms with Crippen molar-refractivity contribution in [3.8, 4) is 5.88 Å². The Labute approximate surface area is 155 Å². The molecule has 140 valence electrons. The van der Waals surface area contributed by atoms with Gasteiger partial charge in [0.25, 0.3) is 5.56 Å². The van der Waals surface area contributed by atoms with E-state index in [1.165, 1.54) is 6.08 Å². The Morgan fingerprint density at radius 1 is 1.30 bits per heavy atom. The number of benzene rings is 1. The van der Waals surface area contributed by atoms with E-state index < -0.39 is 17.3 Å². The van der Waals surface area contributed by atoms with Crippen molar-refractivity contribution in [2.75, 3.05) is 13.1 Å². The molecule has 0 amide bonds. The number of aromatic amines is 2. The zero-order valence-corrected chi connectivity index (χ0v) is 15.2. The van der Waals surface area contributed by atoms with Crippen LogP contribution >= 0.6 is 0 Å². The number of rotatable bonds is 4. The average molecular weight is 366 g/mol. The number of hydrogen-bond acceptors (Lipinski definition) is 4. The van der Waals surface area contributed by atoms with Crippen LogP contribution in [-0.2, 0) is 13.0 Å². The molecule has 7 nitrogen and oxygen atoms in total. The van der Waals surface area contributed by atoms with Gasteiger partial charge in [-0.3, -0.25) is 19.2 Å². The molecule has 1 aliphatic heterocycles. The molecule has 1 aromatic carbocycles. The smallest absolute Gasteiger partial charge is 0.331 e. The largest absolute Gasteiger partial charge is 0.494 e. The van der Waals surface area contributed by atoms with Gasteiger partial charge in [0, 0.05) is 29.7 Å². The third-order valence-electron chi connectivity index (χ3n) is 5.33. The van der Waals surface area contributed by atoms with Crippen LogP contribution in [0.4, 0.5) is 0 Å². The summed E-state index contributed by atoms with van der Waals surface area (Å²) in [6, 6.07) is 7.57. The summed E-state index contributed by atoms with van der Waals surface area (Å²) in [7, 11) is 0. The first-order chi connectivity index (χ1) is 13.1. The maximum atomic E-state index is 12.7. The Morgan fingerprint density at radius 3 is 2.81 bits per heavy atom. The molecule has 1 aliphatic rings. The molecule has 0 fully saturated rings. The van der Waals surface area contributed by atoms with Gasteiger partial charge in [0.1, 0.15) is 5.56 Å². The Bertz CT molecular complexity index is 1140. The summed E-state index contributed by atoms with van der Waals surface area (Å²) in [5.41, 5.74) is 2.03. The summed E-state index contributed by atoms with van der Waals surface area (Å²) >= 11 is 0. The van der Waals surface area contributed by atoms with Gasteiger partial charge in [0.2, 0.25) is 5.88 Å². The first-order valence-electron chi connectivity index (χ1n) is 9.07. The van der Waals surface area contributed by atoms with Gasteiger partial charge in [-0.1, -0.05) is 31.2 Å². The molecule has 27 heavy (non-hydrogen) atoms. The minimum Gasteiger partial charge on any atom is -0.494 e. The van der Waals surface area contributed by atoms with Crippen molar-refractivity contribution >= 4 is 10.9 Å². The van der Waals surface area contributed by atoms with E-state index in [9.17, 15) is 14.7 Å². The number of aromatic nitrogens is 3. The second-order valence-electron chi connectivity index (χ2n) is 6.74. The molecule has 2 aromatic heterocycles. The van der Waals surface area contributed by atoms with Gasteiger partial charge < -0.3 is 10.1 Å². The summed E-state index contributed by atoms with van der Waals surface area (Å²) in [5.74, 6) is -0.307. The highest BCUT2D eigenvalue weighted by molar-refractivity contribution is 5.85. The maximum Gasteiger partial charge on any atom is 0.331 e. The highest BCUT2D eigenvalue weighted by Crippen LogP contribution is 2.39. The lowest BCUT2D eigenvalue weighted by atomic mass is 9.93. The van der Waals surface area contributed by atoms with Crippen molar-refractivity contribution < 1.29 is 5.11 Å². The van der Waals surface area contributed by atoms with E-state index in [1.54, 1.807) is 0 Å². The molecule has 0 aliphatic carbocycles. The van der Waals surface area contributed by atoms with E-state index in [2.05, 4.69) is 27.5 Å². The molecule has 0 saturated heterocycles. The molecule has 4 rings (SSSR count). The maximum absolute atomic E-state index is 12.7. The van der Waals surface area contributed by atoms with Gasteiger partial charge in [0.05, 0.1) is 6.04 Å². The predicted molar refractivity (Wildman–Crippen MR) is 104 cm³/mol. The fourth-order valence-electron chi connectivity index (χ4n) is 4.08. The Balaban J connectivity index is 2.01. The minimum atomic E-state index is -0.642. The highest BCUT2D eigenvalue weighted by Gasteiger charge is 2.35. The lowest BCUT2D eigenvalue weighted by Crippen LogP contribution is -2.41. The second-order valence-corrected chi connectivity index (χ2v) is 6.74. The molecule has 0 spiro atoms. The Hall–Kier alpha value is -3.06. The lowest BCUT2D eigenvalue weighted by molar-refractivity contribution is 0.214. The molecular formula is C20H22N4O3. The lowest BCUT2D eigenvalue weighted by Gasteiger charge is -2.35. The number of para-hydroxylation sites is 1. The zero-order chi connectivity index (χ0) is 19.1. The molecule has 3 aromatic rings. The first-order valence-corrected chi connectivity index (χ1v) is 9.07. The van der Waals surface area contributed by atoms with E-state index in [0.717, 1.165) is 39.7 Å². The van der Waals surface area contributed by atoms with E-state index in [1.807, 2.05) is 25.1 Å². The van der Waals surface area contributed by atoms with E-state index in [-0.39, 0.29) is 18.0 Å². The van der Waals surface area contributed by atoms with Gasteiger partial charge in [-0.25, -0.2) is 4.79 Å². The molecule has 1 atom stereocenters. The number of aromatic hydroxyl groups is 1. The van der Waals surface area contributed by atoms with Crippen molar-refractivity contribution in [1.82, 2.24) is 19.4 Å². The highest BCUT2D eigenvalue weighted by atomic mass is 16.3. The van der Waals surface area contributed by atoms with Crippen LogP contribution in [0.5, 0.6) is 5.88 Å². The number of nitrogens with zero attached hydrogens (tertiary/aromatic N) is 2. The number of H-pyrrole nitrogens is 2. The zero-order valence-electron chi connectivity index (χ0n) is 15.2. The number of likely N-dealkylation sites (N-methyl/N-ethyl adjacent to an activating group) is 1. The molecule has 0 unspecified atom stereocenters. The van der Waals surface area contributed by atoms with Gasteiger partial charge >= 0.3 is 5.69 Å². The van der Waals surface area contributed by atoms with Crippen molar-refractivity contribution in [2.45, 2.75) is 25.9 Å². The topological polar surface area (TPSA) is 94.1 Å². The van der Waals surface area contributed by atoms with E-state index in [0.29, 0.717) is 6.54 Å². The van der Waals surface area contributed by atoms with Crippen molar-refractivity contribution in [3.05, 3.63) is 74.6 Å². The van der Waals surface area contributed by atoms with Gasteiger partial charge in [-0.2, -0.15) is 0 Å². The van der Waals surface area contributed by atoms with E-state index >= 15 is 0 Å². The van der Waals surface area contributed by atoms with Gasteiger partial charge in [-0.05, 0) is 24.6 Å². The Morgan fingerprint density at radius 2 is 2.07 bits per heavy atom. The summed E-state index contributed by atoms with van der Waals surface area (Å²) in [5, 5.41) is 11.9. The van der Waals surface area contributed by atoms with Crippen LogP contribution in [0.25, 0.3) is 10.9 Å². The van der Waals surface area contributed by atoms with Gasteiger partial charge in [0.15, 0.2) is 0 Å².